The molecule has 0 saturated heterocycles. The molecule has 1 heterocycles. The number of fused-ring (bicyclic) bond motifs is 4. The van der Waals surface area contributed by atoms with Crippen LogP contribution < -0.4 is 5.32 Å². The molecule has 0 bridgehead atoms. The molecule has 0 saturated carbocycles. The fourth-order valence-corrected chi connectivity index (χ4v) is 9.06. The second-order valence-electron chi connectivity index (χ2n) is 15.8. The largest absolute Gasteiger partial charge is 0.494 e. The van der Waals surface area contributed by atoms with Crippen molar-refractivity contribution in [3.8, 4) is 11.1 Å². The van der Waals surface area contributed by atoms with Crippen molar-refractivity contribution in [2.24, 2.45) is 0 Å². The van der Waals surface area contributed by atoms with E-state index in [0.717, 1.165) is 63.4 Å². The van der Waals surface area contributed by atoms with E-state index in [0.29, 0.717) is 21.7 Å². The van der Waals surface area contributed by atoms with Gasteiger partial charge in [-0.25, -0.2) is 9.59 Å². The average molecular weight is 836 g/mol. The van der Waals surface area contributed by atoms with Gasteiger partial charge in [-0.15, -0.1) is 0 Å². The van der Waals surface area contributed by atoms with Crippen LogP contribution in [0.2, 0.25) is 5.02 Å². The van der Waals surface area contributed by atoms with Crippen LogP contribution in [0.3, 0.4) is 0 Å². The lowest BCUT2D eigenvalue weighted by Gasteiger charge is -2.37. The number of rotatable bonds is 12. The number of alkyl carbamates (subject to hydrolysis) is 1. The molecule has 0 fully saturated rings. The van der Waals surface area contributed by atoms with Gasteiger partial charge in [0.2, 0.25) is 0 Å². The maximum atomic E-state index is 15.2. The molecule has 7 aromatic carbocycles. The van der Waals surface area contributed by atoms with Crippen molar-refractivity contribution in [3.05, 3.63) is 232 Å². The molecule has 9 rings (SSSR count). The third kappa shape index (κ3) is 8.52. The number of ether oxygens (including phenoxy) is 3. The van der Waals surface area contributed by atoms with E-state index < -0.39 is 23.7 Å². The van der Waals surface area contributed by atoms with Crippen LogP contribution >= 0.6 is 11.6 Å². The Hall–Kier alpha value is -6.89. The molecule has 7 heteroatoms. The summed E-state index contributed by atoms with van der Waals surface area (Å²) in [6, 6.07) is 54.3. The van der Waals surface area contributed by atoms with Crippen molar-refractivity contribution >= 4 is 40.5 Å². The molecule has 1 aliphatic carbocycles. The first-order chi connectivity index (χ1) is 30.5. The van der Waals surface area contributed by atoms with E-state index in [1.165, 1.54) is 0 Å². The minimum Gasteiger partial charge on any atom is -0.494 e. The lowest BCUT2D eigenvalue weighted by atomic mass is 9.79. The maximum Gasteiger partial charge on any atom is 0.407 e. The van der Waals surface area contributed by atoms with Gasteiger partial charge >= 0.3 is 12.1 Å². The molecule has 0 radical (unpaired) electrons. The number of esters is 1. The lowest BCUT2D eigenvalue weighted by Crippen LogP contribution is -2.47. The smallest absolute Gasteiger partial charge is 0.407 e. The summed E-state index contributed by atoms with van der Waals surface area (Å²) in [4.78, 5) is 29.2. The van der Waals surface area contributed by atoms with Crippen molar-refractivity contribution in [2.45, 2.75) is 49.3 Å². The summed E-state index contributed by atoms with van der Waals surface area (Å²) in [5.74, 6) is -0.808. The van der Waals surface area contributed by atoms with Crippen LogP contribution in [-0.2, 0) is 31.0 Å². The third-order valence-corrected chi connectivity index (χ3v) is 12.2. The normalized spacial score (nSPS) is 16.0. The standard InChI is InChI=1S/C55H46ClNO5/c56-51-25-13-12-24-50(51)55(42-17-3-1-4-18-42,43-31-27-38(28-32-43)29-33-44-19-5-2-14-34-60-44)62-53(58)52(36-39-26-30-40-15-6-7-16-41(40)35-39)57-54(59)61-37-49-47-22-10-8-20-45(47)46-21-9-11-23-48(46)49/h1,3-4,6-18,20-35,44,49,52H,2,5,19,36-37H2,(H,57,59). The summed E-state index contributed by atoms with van der Waals surface area (Å²) in [5, 5.41) is 5.45. The molecule has 1 amide bonds. The fraction of sp³-hybridized carbons (Fsp3) is 0.164. The summed E-state index contributed by atoms with van der Waals surface area (Å²) >= 11 is 7.08. The van der Waals surface area contributed by atoms with Gasteiger partial charge in [0, 0.05) is 34.1 Å². The zero-order valence-electron chi connectivity index (χ0n) is 34.2. The van der Waals surface area contributed by atoms with Gasteiger partial charge in [0.05, 0.1) is 6.26 Å². The predicted octanol–water partition coefficient (Wildman–Crippen LogP) is 12.6. The molecule has 7 aromatic rings. The highest BCUT2D eigenvalue weighted by Crippen LogP contribution is 2.46. The van der Waals surface area contributed by atoms with Crippen molar-refractivity contribution in [2.75, 3.05) is 6.61 Å². The first-order valence-corrected chi connectivity index (χ1v) is 21.6. The van der Waals surface area contributed by atoms with Gasteiger partial charge in [0.25, 0.3) is 0 Å². The van der Waals surface area contributed by atoms with Gasteiger partial charge in [-0.05, 0) is 81.6 Å². The Balaban J connectivity index is 1.06. The molecule has 62 heavy (non-hydrogen) atoms. The number of carbonyl (C=O) groups is 2. The quantitative estimate of drug-likeness (QED) is 0.0980. The molecular formula is C55H46ClNO5. The van der Waals surface area contributed by atoms with Crippen LogP contribution in [-0.4, -0.2) is 30.8 Å². The van der Waals surface area contributed by atoms with Gasteiger partial charge in [-0.2, -0.15) is 0 Å². The molecular weight excluding hydrogens is 790 g/mol. The molecule has 1 N–H and O–H groups in total. The number of hydrogen-bond acceptors (Lipinski definition) is 5. The second-order valence-corrected chi connectivity index (χ2v) is 16.2. The summed E-state index contributed by atoms with van der Waals surface area (Å²) in [6.07, 6.45) is 10.4. The first kappa shape index (κ1) is 40.5. The first-order valence-electron chi connectivity index (χ1n) is 21.2. The van der Waals surface area contributed by atoms with E-state index >= 15 is 4.79 Å². The molecule has 3 unspecified atom stereocenters. The maximum absolute atomic E-state index is 15.2. The Morgan fingerprint density at radius 3 is 2.16 bits per heavy atom. The van der Waals surface area contributed by atoms with Crippen molar-refractivity contribution in [3.63, 3.8) is 0 Å². The highest BCUT2D eigenvalue weighted by atomic mass is 35.5. The van der Waals surface area contributed by atoms with E-state index in [9.17, 15) is 4.79 Å². The van der Waals surface area contributed by atoms with Crippen molar-refractivity contribution in [1.82, 2.24) is 5.32 Å². The molecule has 0 aromatic heterocycles. The van der Waals surface area contributed by atoms with Crippen molar-refractivity contribution < 1.29 is 23.8 Å². The third-order valence-electron chi connectivity index (χ3n) is 11.9. The van der Waals surface area contributed by atoms with Crippen LogP contribution in [0.25, 0.3) is 28.0 Å². The molecule has 2 aliphatic rings. The number of nitrogens with one attached hydrogen (secondary N) is 1. The van der Waals surface area contributed by atoms with Crippen LogP contribution in [0.1, 0.15) is 64.1 Å². The number of halogens is 1. The number of amides is 1. The topological polar surface area (TPSA) is 73.9 Å². The Labute approximate surface area is 367 Å². The van der Waals surface area contributed by atoms with Crippen LogP contribution in [0.5, 0.6) is 0 Å². The SMILES string of the molecule is O=C(NC(Cc1ccc2ccccc2c1)C(=O)OC(c1ccccc1)(c1ccc(C=CC2CCCC=CO2)cc1)c1ccccc1Cl)OCC1c2ccccc2-c2ccccc21. The molecule has 3 atom stereocenters. The Bertz CT molecular complexity index is 2720. The number of benzene rings is 7. The number of allylic oxidation sites excluding steroid dienone is 1. The van der Waals surface area contributed by atoms with E-state index in [-0.39, 0.29) is 25.0 Å². The zero-order valence-corrected chi connectivity index (χ0v) is 34.9. The molecule has 1 aliphatic heterocycles. The number of carbonyl (C=O) groups excluding carboxylic acids is 2. The monoisotopic (exact) mass is 835 g/mol. The Morgan fingerprint density at radius 1 is 0.742 bits per heavy atom. The van der Waals surface area contributed by atoms with E-state index in [4.69, 9.17) is 25.8 Å². The van der Waals surface area contributed by atoms with Crippen LogP contribution in [0.15, 0.2) is 188 Å². The van der Waals surface area contributed by atoms with E-state index in [1.54, 1.807) is 12.3 Å². The van der Waals surface area contributed by atoms with Gasteiger partial charge in [-0.1, -0.05) is 181 Å². The highest BCUT2D eigenvalue weighted by Gasteiger charge is 2.44. The molecule has 308 valence electrons. The van der Waals surface area contributed by atoms with Gasteiger partial charge in [0.15, 0.2) is 5.60 Å². The summed E-state index contributed by atoms with van der Waals surface area (Å²) in [6.45, 7) is 0.0928. The summed E-state index contributed by atoms with van der Waals surface area (Å²) in [5.41, 5.74) is 6.68. The Morgan fingerprint density at radius 2 is 1.40 bits per heavy atom. The summed E-state index contributed by atoms with van der Waals surface area (Å²) < 4.78 is 18.8. The molecule has 0 spiro atoms. The average Bonchev–Trinajstić information content (AvgIpc) is 3.41. The van der Waals surface area contributed by atoms with E-state index in [2.05, 4.69) is 47.8 Å². The van der Waals surface area contributed by atoms with Gasteiger partial charge in [0.1, 0.15) is 18.8 Å². The minimum atomic E-state index is -1.52. The van der Waals surface area contributed by atoms with Crippen LogP contribution in [0.4, 0.5) is 4.79 Å². The van der Waals surface area contributed by atoms with Crippen LogP contribution in [0, 0.1) is 0 Å². The summed E-state index contributed by atoms with van der Waals surface area (Å²) in [7, 11) is 0. The lowest BCUT2D eigenvalue weighted by molar-refractivity contribution is -0.156. The zero-order chi connectivity index (χ0) is 42.3. The Kier molecular flexibility index (Phi) is 12.0. The predicted molar refractivity (Wildman–Crippen MR) is 247 cm³/mol. The fourth-order valence-electron chi connectivity index (χ4n) is 8.79. The number of hydrogen-bond donors (Lipinski definition) is 1. The van der Waals surface area contributed by atoms with E-state index in [1.807, 2.05) is 140 Å². The van der Waals surface area contributed by atoms with Gasteiger partial charge in [-0.3, -0.25) is 0 Å². The minimum absolute atomic E-state index is 0.00979. The molecule has 6 nitrogen and oxygen atoms in total. The van der Waals surface area contributed by atoms with Crippen molar-refractivity contribution in [1.29, 1.82) is 0 Å². The second kappa shape index (κ2) is 18.4. The van der Waals surface area contributed by atoms with Gasteiger partial charge < -0.3 is 19.5 Å². The highest BCUT2D eigenvalue weighted by molar-refractivity contribution is 6.31.